The van der Waals surface area contributed by atoms with Crippen LogP contribution in [0.5, 0.6) is 0 Å². The van der Waals surface area contributed by atoms with Gasteiger partial charge in [-0.2, -0.15) is 0 Å². The number of benzene rings is 1. The van der Waals surface area contributed by atoms with Crippen molar-refractivity contribution in [2.45, 2.75) is 13.5 Å². The SMILES string of the molecule is Cc1ccc2nc(COC(=O)c3cc(-c4ccc(Cl)s4)nc4ccccc34)cc(=O)n2c1. The van der Waals surface area contributed by atoms with Gasteiger partial charge in [0.25, 0.3) is 5.56 Å². The third-order valence-corrected chi connectivity index (χ3v) is 6.23. The molecular formula is C24H16ClN3O3S. The molecule has 0 N–H and O–H groups in total. The summed E-state index contributed by atoms with van der Waals surface area (Å²) in [5.74, 6) is -0.515. The summed E-state index contributed by atoms with van der Waals surface area (Å²) in [6.07, 6.45) is 1.72. The summed E-state index contributed by atoms with van der Waals surface area (Å²) < 4.78 is 7.66. The second-order valence-corrected chi connectivity index (χ2v) is 8.99. The first-order valence-corrected chi connectivity index (χ1v) is 11.0. The van der Waals surface area contributed by atoms with E-state index < -0.39 is 5.97 Å². The molecule has 0 radical (unpaired) electrons. The molecule has 0 aliphatic rings. The molecule has 0 aliphatic carbocycles. The lowest BCUT2D eigenvalue weighted by Crippen LogP contribution is -2.17. The maximum atomic E-state index is 13.0. The van der Waals surface area contributed by atoms with E-state index in [4.69, 9.17) is 16.3 Å². The number of aryl methyl sites for hydroxylation is 1. The average Bonchev–Trinajstić information content (AvgIpc) is 3.23. The van der Waals surface area contributed by atoms with Gasteiger partial charge in [0.1, 0.15) is 12.3 Å². The van der Waals surface area contributed by atoms with E-state index in [0.29, 0.717) is 37.8 Å². The molecule has 158 valence electrons. The molecule has 8 heteroatoms. The van der Waals surface area contributed by atoms with Gasteiger partial charge in [-0.1, -0.05) is 35.9 Å². The minimum absolute atomic E-state index is 0.116. The van der Waals surface area contributed by atoms with Crippen molar-refractivity contribution in [3.63, 3.8) is 0 Å². The van der Waals surface area contributed by atoms with E-state index in [-0.39, 0.29) is 12.2 Å². The molecule has 0 saturated carbocycles. The van der Waals surface area contributed by atoms with Crippen LogP contribution in [0, 0.1) is 6.92 Å². The summed E-state index contributed by atoms with van der Waals surface area (Å²) in [7, 11) is 0. The molecule has 32 heavy (non-hydrogen) atoms. The van der Waals surface area contributed by atoms with Crippen LogP contribution in [0.15, 0.2) is 71.7 Å². The number of hydrogen-bond acceptors (Lipinski definition) is 6. The lowest BCUT2D eigenvalue weighted by atomic mass is 10.1. The van der Waals surface area contributed by atoms with Gasteiger partial charge in [0.15, 0.2) is 0 Å². The number of ether oxygens (including phenoxy) is 1. The molecule has 0 amide bonds. The van der Waals surface area contributed by atoms with Gasteiger partial charge < -0.3 is 4.74 Å². The molecule has 5 rings (SSSR count). The fraction of sp³-hybridized carbons (Fsp3) is 0.0833. The first-order valence-electron chi connectivity index (χ1n) is 9.79. The molecule has 0 aliphatic heterocycles. The van der Waals surface area contributed by atoms with Gasteiger partial charge >= 0.3 is 5.97 Å². The normalized spacial score (nSPS) is 11.2. The van der Waals surface area contributed by atoms with Crippen LogP contribution in [0.1, 0.15) is 21.6 Å². The molecule has 4 aromatic heterocycles. The smallest absolute Gasteiger partial charge is 0.339 e. The summed E-state index contributed by atoms with van der Waals surface area (Å²) in [4.78, 5) is 35.4. The number of rotatable bonds is 4. The molecule has 0 fully saturated rings. The number of nitrogens with zero attached hydrogens (tertiary/aromatic N) is 3. The van der Waals surface area contributed by atoms with Crippen LogP contribution in [-0.4, -0.2) is 20.3 Å². The number of carbonyl (C=O) groups excluding carboxylic acids is 1. The number of aromatic nitrogens is 3. The number of halogens is 1. The van der Waals surface area contributed by atoms with Crippen LogP contribution >= 0.6 is 22.9 Å². The van der Waals surface area contributed by atoms with E-state index in [0.717, 1.165) is 10.4 Å². The summed E-state index contributed by atoms with van der Waals surface area (Å²) in [6.45, 7) is 1.79. The Balaban J connectivity index is 1.48. The molecule has 0 atom stereocenters. The first-order chi connectivity index (χ1) is 15.5. The Morgan fingerprint density at radius 2 is 1.94 bits per heavy atom. The van der Waals surface area contributed by atoms with Crippen molar-refractivity contribution in [2.75, 3.05) is 0 Å². The Morgan fingerprint density at radius 1 is 1.09 bits per heavy atom. The third-order valence-electron chi connectivity index (χ3n) is 4.97. The summed E-state index contributed by atoms with van der Waals surface area (Å²) in [6, 6.07) is 17.8. The van der Waals surface area contributed by atoms with Gasteiger partial charge in [-0.3, -0.25) is 9.20 Å². The molecule has 0 saturated heterocycles. The minimum atomic E-state index is -0.515. The summed E-state index contributed by atoms with van der Waals surface area (Å²) >= 11 is 7.46. The minimum Gasteiger partial charge on any atom is -0.456 e. The molecule has 0 unspecified atom stereocenters. The van der Waals surface area contributed by atoms with Crippen molar-refractivity contribution >= 4 is 45.5 Å². The molecule has 0 spiro atoms. The largest absolute Gasteiger partial charge is 0.456 e. The highest BCUT2D eigenvalue weighted by Crippen LogP contribution is 2.32. The lowest BCUT2D eigenvalue weighted by molar-refractivity contribution is 0.0470. The summed E-state index contributed by atoms with van der Waals surface area (Å²) in [5, 5.41) is 0.686. The Hall–Kier alpha value is -3.55. The standard InChI is InChI=1S/C24H16ClN3O3S/c1-14-6-9-22-26-15(10-23(29)28(22)12-14)13-31-24(30)17-11-19(20-7-8-21(25)32-20)27-18-5-3-2-4-16(17)18/h2-12H,13H2,1H3. The highest BCUT2D eigenvalue weighted by Gasteiger charge is 2.17. The van der Waals surface area contributed by atoms with E-state index in [1.54, 1.807) is 24.4 Å². The number of carbonyl (C=O) groups is 1. The average molecular weight is 462 g/mol. The second-order valence-electron chi connectivity index (χ2n) is 7.27. The van der Waals surface area contributed by atoms with Gasteiger partial charge in [-0.05, 0) is 42.8 Å². The zero-order valence-electron chi connectivity index (χ0n) is 16.9. The molecule has 1 aromatic carbocycles. The fourth-order valence-corrected chi connectivity index (χ4v) is 4.48. The Kier molecular flexibility index (Phi) is 5.20. The van der Waals surface area contributed by atoms with Gasteiger partial charge in [-0.15, -0.1) is 11.3 Å². The maximum absolute atomic E-state index is 13.0. The second kappa shape index (κ2) is 8.18. The van der Waals surface area contributed by atoms with Crippen molar-refractivity contribution in [1.82, 2.24) is 14.4 Å². The van der Waals surface area contributed by atoms with E-state index in [9.17, 15) is 9.59 Å². The number of para-hydroxylation sites is 1. The van der Waals surface area contributed by atoms with E-state index in [1.807, 2.05) is 43.3 Å². The third kappa shape index (κ3) is 3.88. The van der Waals surface area contributed by atoms with E-state index in [2.05, 4.69) is 9.97 Å². The predicted molar refractivity (Wildman–Crippen MR) is 125 cm³/mol. The number of esters is 1. The van der Waals surface area contributed by atoms with Gasteiger partial charge in [0.2, 0.25) is 0 Å². The highest BCUT2D eigenvalue weighted by atomic mass is 35.5. The Labute approximate surface area is 191 Å². The zero-order valence-corrected chi connectivity index (χ0v) is 18.5. The molecular weight excluding hydrogens is 446 g/mol. The monoisotopic (exact) mass is 461 g/mol. The Bertz CT molecular complexity index is 1560. The van der Waals surface area contributed by atoms with Crippen molar-refractivity contribution in [1.29, 1.82) is 0 Å². The molecule has 6 nitrogen and oxygen atoms in total. The maximum Gasteiger partial charge on any atom is 0.339 e. The van der Waals surface area contributed by atoms with Crippen molar-refractivity contribution < 1.29 is 9.53 Å². The highest BCUT2D eigenvalue weighted by molar-refractivity contribution is 7.19. The Morgan fingerprint density at radius 3 is 2.75 bits per heavy atom. The van der Waals surface area contributed by atoms with Crippen LogP contribution < -0.4 is 5.56 Å². The van der Waals surface area contributed by atoms with E-state index >= 15 is 0 Å². The van der Waals surface area contributed by atoms with Crippen molar-refractivity contribution in [2.24, 2.45) is 0 Å². The van der Waals surface area contributed by atoms with Crippen molar-refractivity contribution in [3.05, 3.63) is 98.4 Å². The number of pyridine rings is 2. The van der Waals surface area contributed by atoms with Gasteiger partial charge in [0.05, 0.1) is 31.7 Å². The lowest BCUT2D eigenvalue weighted by Gasteiger charge is -2.10. The zero-order chi connectivity index (χ0) is 22.2. The van der Waals surface area contributed by atoms with Crippen LogP contribution in [-0.2, 0) is 11.3 Å². The molecule has 4 heterocycles. The first kappa shape index (κ1) is 20.4. The molecule has 5 aromatic rings. The van der Waals surface area contributed by atoms with Crippen molar-refractivity contribution in [3.8, 4) is 10.6 Å². The number of hydrogen-bond donors (Lipinski definition) is 0. The predicted octanol–water partition coefficient (Wildman–Crippen LogP) is 5.29. The van der Waals surface area contributed by atoms with Crippen LogP contribution in [0.3, 0.4) is 0 Å². The van der Waals surface area contributed by atoms with Gasteiger partial charge in [-0.25, -0.2) is 14.8 Å². The number of thiophene rings is 1. The topological polar surface area (TPSA) is 73.6 Å². The fourth-order valence-electron chi connectivity index (χ4n) is 3.47. The summed E-state index contributed by atoms with van der Waals surface area (Å²) in [5.41, 5.74) is 3.33. The van der Waals surface area contributed by atoms with Crippen LogP contribution in [0.4, 0.5) is 0 Å². The number of fused-ring (bicyclic) bond motifs is 2. The van der Waals surface area contributed by atoms with Gasteiger partial charge in [0, 0.05) is 17.6 Å². The van der Waals surface area contributed by atoms with E-state index in [1.165, 1.54) is 21.8 Å². The van der Waals surface area contributed by atoms with Crippen LogP contribution in [0.25, 0.3) is 27.1 Å². The molecule has 0 bridgehead atoms. The van der Waals surface area contributed by atoms with Crippen LogP contribution in [0.2, 0.25) is 4.34 Å². The quantitative estimate of drug-likeness (QED) is 0.340.